The molecular formula is C6H8F6O4S2. The van der Waals surface area contributed by atoms with Gasteiger partial charge in [-0.05, 0) is 6.92 Å². The highest BCUT2D eigenvalue weighted by Gasteiger charge is 2.38. The van der Waals surface area contributed by atoms with Crippen LogP contribution in [0.15, 0.2) is 0 Å². The smallest absolute Gasteiger partial charge is 0.475 e. The summed E-state index contributed by atoms with van der Waals surface area (Å²) in [7, 11) is 0. The van der Waals surface area contributed by atoms with Gasteiger partial charge in [-0.2, -0.15) is 51.6 Å². The number of rotatable bonds is 0. The average molecular weight is 322 g/mol. The predicted molar refractivity (Wildman–Crippen MR) is 54.8 cm³/mol. The molecule has 0 heterocycles. The minimum absolute atomic E-state index is 0.222. The van der Waals surface area contributed by atoms with Crippen LogP contribution in [0.5, 0.6) is 0 Å². The Morgan fingerprint density at radius 2 is 0.944 bits per heavy atom. The van der Waals surface area contributed by atoms with Gasteiger partial charge >= 0.3 is 24.3 Å². The minimum atomic E-state index is -5.08. The molecule has 0 saturated heterocycles. The number of hydrogen-bond acceptors (Lipinski definition) is 4. The van der Waals surface area contributed by atoms with E-state index in [1.54, 1.807) is 0 Å². The van der Waals surface area contributed by atoms with Crippen molar-refractivity contribution < 1.29 is 46.1 Å². The Bertz CT molecular complexity index is 235. The largest absolute Gasteiger partial charge is 0.490 e. The lowest BCUT2D eigenvalue weighted by atomic mass is 10.7. The Balaban J connectivity index is -0.000000196. The van der Waals surface area contributed by atoms with Crippen LogP contribution in [0.3, 0.4) is 0 Å². The SMILES string of the molecule is CC(S)S.O=C(O)C(F)(F)F.O=C(O)C(F)(F)F. The van der Waals surface area contributed by atoms with E-state index in [9.17, 15) is 26.3 Å². The van der Waals surface area contributed by atoms with Crippen molar-refractivity contribution in [2.75, 3.05) is 0 Å². The third-order valence-corrected chi connectivity index (χ3v) is 0.485. The molecule has 0 unspecified atom stereocenters. The van der Waals surface area contributed by atoms with E-state index < -0.39 is 24.3 Å². The molecule has 2 N–H and O–H groups in total. The number of alkyl halides is 6. The van der Waals surface area contributed by atoms with Gasteiger partial charge in [0.25, 0.3) is 0 Å². The first-order valence-corrected chi connectivity index (χ1v) is 4.62. The maximum atomic E-state index is 10.6. The van der Waals surface area contributed by atoms with E-state index in [-0.39, 0.29) is 4.58 Å². The summed E-state index contributed by atoms with van der Waals surface area (Å²) in [4.78, 5) is 17.8. The summed E-state index contributed by atoms with van der Waals surface area (Å²) < 4.78 is 63.7. The van der Waals surface area contributed by atoms with Gasteiger partial charge in [0.15, 0.2) is 0 Å². The highest BCUT2D eigenvalue weighted by atomic mass is 32.2. The van der Waals surface area contributed by atoms with Crippen LogP contribution in [0.1, 0.15) is 6.92 Å². The molecule has 110 valence electrons. The lowest BCUT2D eigenvalue weighted by molar-refractivity contribution is -0.193. The monoisotopic (exact) mass is 322 g/mol. The summed E-state index contributed by atoms with van der Waals surface area (Å²) in [6.45, 7) is 1.90. The second-order valence-electron chi connectivity index (χ2n) is 2.24. The van der Waals surface area contributed by atoms with Gasteiger partial charge in [-0.15, -0.1) is 0 Å². The molecule has 0 bridgehead atoms. The zero-order chi connectivity index (χ0) is 15.7. The van der Waals surface area contributed by atoms with Crippen LogP contribution >= 0.6 is 25.3 Å². The maximum absolute atomic E-state index is 10.6. The maximum Gasteiger partial charge on any atom is 0.490 e. The molecule has 0 atom stereocenters. The van der Waals surface area contributed by atoms with Crippen LogP contribution in [0.4, 0.5) is 26.3 Å². The van der Waals surface area contributed by atoms with Gasteiger partial charge in [0.2, 0.25) is 0 Å². The molecule has 0 aliphatic heterocycles. The molecule has 0 amide bonds. The summed E-state index contributed by atoms with van der Waals surface area (Å²) in [5.41, 5.74) is 0. The third-order valence-electron chi connectivity index (χ3n) is 0.485. The van der Waals surface area contributed by atoms with Crippen molar-refractivity contribution in [3.8, 4) is 0 Å². The number of aliphatic carboxylic acids is 2. The molecule has 12 heteroatoms. The van der Waals surface area contributed by atoms with Gasteiger partial charge in [0.05, 0.1) is 0 Å². The van der Waals surface area contributed by atoms with Crippen molar-refractivity contribution in [2.24, 2.45) is 0 Å². The second kappa shape index (κ2) is 9.19. The molecule has 18 heavy (non-hydrogen) atoms. The van der Waals surface area contributed by atoms with E-state index in [0.717, 1.165) is 0 Å². The lowest BCUT2D eigenvalue weighted by Gasteiger charge is -1.93. The molecule has 0 aromatic heterocycles. The van der Waals surface area contributed by atoms with E-state index in [0.29, 0.717) is 0 Å². The number of thiol groups is 2. The topological polar surface area (TPSA) is 74.6 Å². The fraction of sp³-hybridized carbons (Fsp3) is 0.667. The molecule has 0 spiro atoms. The summed E-state index contributed by atoms with van der Waals surface area (Å²) in [5, 5.41) is 14.2. The molecular weight excluding hydrogens is 314 g/mol. The summed E-state index contributed by atoms with van der Waals surface area (Å²) in [6.07, 6.45) is -10.2. The first-order chi connectivity index (χ1) is 7.62. The Morgan fingerprint density at radius 1 is 0.889 bits per heavy atom. The van der Waals surface area contributed by atoms with Crippen LogP contribution in [-0.4, -0.2) is 39.1 Å². The molecule has 0 fully saturated rings. The van der Waals surface area contributed by atoms with E-state index in [2.05, 4.69) is 25.3 Å². The van der Waals surface area contributed by atoms with E-state index in [1.807, 2.05) is 6.92 Å². The first kappa shape index (κ1) is 22.4. The molecule has 0 aromatic carbocycles. The number of carboxylic acid groups (broad SMARTS) is 2. The Hall–Kier alpha value is -0.780. The Morgan fingerprint density at radius 3 is 0.944 bits per heavy atom. The Labute approximate surface area is 108 Å². The molecule has 0 aliphatic rings. The average Bonchev–Trinajstić information content (AvgIpc) is 1.99. The summed E-state index contributed by atoms with van der Waals surface area (Å²) in [6, 6.07) is 0. The van der Waals surface area contributed by atoms with Crippen LogP contribution in [0.2, 0.25) is 0 Å². The van der Waals surface area contributed by atoms with Crippen molar-refractivity contribution in [3.05, 3.63) is 0 Å². The number of hydrogen-bond donors (Lipinski definition) is 4. The molecule has 0 rings (SSSR count). The van der Waals surface area contributed by atoms with Gasteiger partial charge in [-0.3, -0.25) is 0 Å². The van der Waals surface area contributed by atoms with Crippen LogP contribution in [0.25, 0.3) is 0 Å². The highest BCUT2D eigenvalue weighted by Crippen LogP contribution is 2.13. The lowest BCUT2D eigenvalue weighted by Crippen LogP contribution is -2.21. The fourth-order valence-corrected chi connectivity index (χ4v) is 0. The minimum Gasteiger partial charge on any atom is -0.475 e. The van der Waals surface area contributed by atoms with Crippen molar-refractivity contribution in [3.63, 3.8) is 0 Å². The first-order valence-electron chi connectivity index (χ1n) is 3.58. The van der Waals surface area contributed by atoms with Gasteiger partial charge in [0, 0.05) is 4.58 Å². The van der Waals surface area contributed by atoms with Crippen molar-refractivity contribution in [1.29, 1.82) is 0 Å². The van der Waals surface area contributed by atoms with Crippen molar-refractivity contribution in [1.82, 2.24) is 0 Å². The van der Waals surface area contributed by atoms with Crippen LogP contribution in [-0.2, 0) is 9.59 Å². The standard InChI is InChI=1S/2C2HF3O2.C2H6S2/c2*3-2(4,5)1(6)7;1-2(3)4/h2*(H,6,7);2-4H,1H3. The third kappa shape index (κ3) is 24.4. The number of halogens is 6. The van der Waals surface area contributed by atoms with Crippen molar-refractivity contribution in [2.45, 2.75) is 23.9 Å². The van der Waals surface area contributed by atoms with Gasteiger partial charge in [-0.1, -0.05) is 0 Å². The van der Waals surface area contributed by atoms with Gasteiger partial charge in [0.1, 0.15) is 0 Å². The second-order valence-corrected chi connectivity index (χ2v) is 4.19. The Kier molecular flexibility index (Phi) is 11.4. The summed E-state index contributed by atoms with van der Waals surface area (Å²) >= 11 is 7.66. The quantitative estimate of drug-likeness (QED) is 0.314. The molecule has 4 nitrogen and oxygen atoms in total. The van der Waals surface area contributed by atoms with Crippen LogP contribution < -0.4 is 0 Å². The highest BCUT2D eigenvalue weighted by molar-refractivity contribution is 7.99. The van der Waals surface area contributed by atoms with E-state index in [4.69, 9.17) is 19.8 Å². The zero-order valence-corrected chi connectivity index (χ0v) is 10.2. The molecule has 0 radical (unpaired) electrons. The molecule has 0 aromatic rings. The molecule has 0 aliphatic carbocycles. The molecule has 0 saturated carbocycles. The summed E-state index contributed by atoms with van der Waals surface area (Å²) in [5.74, 6) is -5.51. The van der Waals surface area contributed by atoms with Gasteiger partial charge < -0.3 is 10.2 Å². The van der Waals surface area contributed by atoms with Gasteiger partial charge in [-0.25, -0.2) is 9.59 Å². The zero-order valence-electron chi connectivity index (χ0n) is 8.45. The van der Waals surface area contributed by atoms with E-state index in [1.165, 1.54) is 0 Å². The predicted octanol–water partition coefficient (Wildman–Crippen LogP) is 2.46. The van der Waals surface area contributed by atoms with E-state index >= 15 is 0 Å². The number of carboxylic acids is 2. The van der Waals surface area contributed by atoms with Crippen molar-refractivity contribution >= 4 is 37.2 Å². The fourth-order valence-electron chi connectivity index (χ4n) is 0. The normalized spacial score (nSPS) is 10.8. The van der Waals surface area contributed by atoms with Crippen LogP contribution in [0, 0.1) is 0 Å². The number of carbonyl (C=O) groups is 2.